The molecule has 0 aliphatic carbocycles. The molecule has 1 aromatic carbocycles. The van der Waals surface area contributed by atoms with Gasteiger partial charge in [-0.1, -0.05) is 19.1 Å². The van der Waals surface area contributed by atoms with Gasteiger partial charge < -0.3 is 14.2 Å². The number of nitrogens with zero attached hydrogens (tertiary/aromatic N) is 3. The standard InChI is InChI=1S/C18H21N3O3/c1-3-10-24-18-9-8-17-19-15(13-21(17)20-18)14-6-4-5-7-16(14)23-12-11-22-2/h4-9,13H,3,10-12H2,1-2H3. The molecule has 0 fully saturated rings. The summed E-state index contributed by atoms with van der Waals surface area (Å²) in [4.78, 5) is 4.63. The molecule has 0 saturated heterocycles. The van der Waals surface area contributed by atoms with Gasteiger partial charge in [0.05, 0.1) is 25.1 Å². The van der Waals surface area contributed by atoms with Gasteiger partial charge in [0.25, 0.3) is 0 Å². The molecule has 126 valence electrons. The molecule has 2 heterocycles. The highest BCUT2D eigenvalue weighted by molar-refractivity contribution is 5.69. The Morgan fingerprint density at radius 2 is 1.88 bits per heavy atom. The van der Waals surface area contributed by atoms with E-state index in [1.807, 2.05) is 42.6 Å². The predicted molar refractivity (Wildman–Crippen MR) is 91.6 cm³/mol. The zero-order valence-corrected chi connectivity index (χ0v) is 13.9. The number of hydrogen-bond donors (Lipinski definition) is 0. The molecule has 0 radical (unpaired) electrons. The van der Waals surface area contributed by atoms with Gasteiger partial charge in [0, 0.05) is 18.7 Å². The van der Waals surface area contributed by atoms with Crippen molar-refractivity contribution < 1.29 is 14.2 Å². The predicted octanol–water partition coefficient (Wildman–Crippen LogP) is 3.21. The molecular weight excluding hydrogens is 306 g/mol. The Bertz CT molecular complexity index is 801. The molecule has 0 N–H and O–H groups in total. The molecule has 0 amide bonds. The van der Waals surface area contributed by atoms with Crippen LogP contribution in [-0.4, -0.2) is 41.5 Å². The van der Waals surface area contributed by atoms with Crippen molar-refractivity contribution in [1.29, 1.82) is 0 Å². The van der Waals surface area contributed by atoms with Crippen LogP contribution < -0.4 is 9.47 Å². The second kappa shape index (κ2) is 7.79. The van der Waals surface area contributed by atoms with Crippen LogP contribution in [0.5, 0.6) is 11.6 Å². The van der Waals surface area contributed by atoms with Gasteiger partial charge in [-0.3, -0.25) is 0 Å². The summed E-state index contributed by atoms with van der Waals surface area (Å²) in [6.45, 7) is 3.75. The lowest BCUT2D eigenvalue weighted by atomic mass is 10.1. The monoisotopic (exact) mass is 327 g/mol. The Balaban J connectivity index is 1.89. The highest BCUT2D eigenvalue weighted by Crippen LogP contribution is 2.29. The first-order chi connectivity index (χ1) is 11.8. The first-order valence-corrected chi connectivity index (χ1v) is 8.02. The second-order valence-electron chi connectivity index (χ2n) is 5.29. The fourth-order valence-electron chi connectivity index (χ4n) is 2.32. The number of rotatable bonds is 8. The lowest BCUT2D eigenvalue weighted by Crippen LogP contribution is -2.05. The van der Waals surface area contributed by atoms with Gasteiger partial charge in [0.1, 0.15) is 12.4 Å². The number of imidazole rings is 1. The summed E-state index contributed by atoms with van der Waals surface area (Å²) in [5.74, 6) is 1.37. The van der Waals surface area contributed by atoms with E-state index in [2.05, 4.69) is 17.0 Å². The summed E-state index contributed by atoms with van der Waals surface area (Å²) in [6, 6.07) is 11.6. The van der Waals surface area contributed by atoms with Crippen LogP contribution in [0.3, 0.4) is 0 Å². The lowest BCUT2D eigenvalue weighted by molar-refractivity contribution is 0.146. The van der Waals surface area contributed by atoms with Gasteiger partial charge in [0.15, 0.2) is 5.65 Å². The molecule has 6 heteroatoms. The van der Waals surface area contributed by atoms with Crippen molar-refractivity contribution in [2.24, 2.45) is 0 Å². The summed E-state index contributed by atoms with van der Waals surface area (Å²) in [5.41, 5.74) is 2.50. The molecule has 0 atom stereocenters. The maximum atomic E-state index is 5.79. The minimum atomic E-state index is 0.494. The van der Waals surface area contributed by atoms with Crippen LogP contribution in [0, 0.1) is 0 Å². The van der Waals surface area contributed by atoms with Crippen molar-refractivity contribution in [2.75, 3.05) is 26.9 Å². The largest absolute Gasteiger partial charge is 0.490 e. The zero-order valence-electron chi connectivity index (χ0n) is 13.9. The fourth-order valence-corrected chi connectivity index (χ4v) is 2.32. The molecule has 3 rings (SSSR count). The van der Waals surface area contributed by atoms with E-state index in [-0.39, 0.29) is 0 Å². The number of aromatic nitrogens is 3. The first-order valence-electron chi connectivity index (χ1n) is 8.02. The smallest absolute Gasteiger partial charge is 0.231 e. The molecule has 2 aromatic heterocycles. The third-order valence-electron chi connectivity index (χ3n) is 3.46. The van der Waals surface area contributed by atoms with Gasteiger partial charge in [-0.05, 0) is 24.6 Å². The topological polar surface area (TPSA) is 57.9 Å². The Labute approximate surface area is 141 Å². The Hall–Kier alpha value is -2.60. The summed E-state index contributed by atoms with van der Waals surface area (Å²) >= 11 is 0. The first kappa shape index (κ1) is 16.3. The van der Waals surface area contributed by atoms with Crippen molar-refractivity contribution in [3.63, 3.8) is 0 Å². The van der Waals surface area contributed by atoms with Crippen molar-refractivity contribution in [1.82, 2.24) is 14.6 Å². The highest BCUT2D eigenvalue weighted by atomic mass is 16.5. The number of ether oxygens (including phenoxy) is 3. The van der Waals surface area contributed by atoms with Gasteiger partial charge >= 0.3 is 0 Å². The van der Waals surface area contributed by atoms with E-state index in [1.165, 1.54) is 0 Å². The van der Waals surface area contributed by atoms with Crippen LogP contribution in [0.15, 0.2) is 42.6 Å². The molecule has 0 aliphatic heterocycles. The van der Waals surface area contributed by atoms with Gasteiger partial charge in [-0.2, -0.15) is 0 Å². The molecule has 0 spiro atoms. The molecular formula is C18H21N3O3. The molecule has 6 nitrogen and oxygen atoms in total. The van der Waals surface area contributed by atoms with E-state index in [0.717, 1.165) is 29.1 Å². The number of fused-ring (bicyclic) bond motifs is 1. The van der Waals surface area contributed by atoms with Gasteiger partial charge in [-0.25, -0.2) is 9.50 Å². The van der Waals surface area contributed by atoms with Crippen molar-refractivity contribution in [3.8, 4) is 22.9 Å². The lowest BCUT2D eigenvalue weighted by Gasteiger charge is -2.09. The minimum Gasteiger partial charge on any atom is -0.490 e. The van der Waals surface area contributed by atoms with Crippen LogP contribution in [0.25, 0.3) is 16.9 Å². The van der Waals surface area contributed by atoms with Crippen LogP contribution in [0.1, 0.15) is 13.3 Å². The third-order valence-corrected chi connectivity index (χ3v) is 3.46. The van der Waals surface area contributed by atoms with Crippen LogP contribution in [0.2, 0.25) is 0 Å². The summed E-state index contributed by atoms with van der Waals surface area (Å²) in [7, 11) is 1.65. The fraction of sp³-hybridized carbons (Fsp3) is 0.333. The van der Waals surface area contributed by atoms with Crippen molar-refractivity contribution in [3.05, 3.63) is 42.6 Å². The normalized spacial score (nSPS) is 10.9. The molecule has 3 aromatic rings. The number of benzene rings is 1. The second-order valence-corrected chi connectivity index (χ2v) is 5.29. The van der Waals surface area contributed by atoms with Crippen LogP contribution in [-0.2, 0) is 4.74 Å². The average Bonchev–Trinajstić information content (AvgIpc) is 3.03. The van der Waals surface area contributed by atoms with Crippen molar-refractivity contribution in [2.45, 2.75) is 13.3 Å². The van der Waals surface area contributed by atoms with E-state index in [4.69, 9.17) is 14.2 Å². The maximum Gasteiger partial charge on any atom is 0.231 e. The zero-order chi connectivity index (χ0) is 16.8. The van der Waals surface area contributed by atoms with E-state index < -0.39 is 0 Å². The van der Waals surface area contributed by atoms with Gasteiger partial charge in [0.2, 0.25) is 5.88 Å². The third kappa shape index (κ3) is 3.65. The molecule has 24 heavy (non-hydrogen) atoms. The summed E-state index contributed by atoms with van der Waals surface area (Å²) in [6.07, 6.45) is 2.83. The molecule has 0 saturated carbocycles. The van der Waals surface area contributed by atoms with Crippen molar-refractivity contribution >= 4 is 5.65 Å². The SMILES string of the molecule is CCCOc1ccc2nc(-c3ccccc3OCCOC)cn2n1. The number of methoxy groups -OCH3 is 1. The summed E-state index contributed by atoms with van der Waals surface area (Å²) in [5, 5.41) is 4.44. The minimum absolute atomic E-state index is 0.494. The van der Waals surface area contributed by atoms with Gasteiger partial charge in [-0.15, -0.1) is 5.10 Å². The number of para-hydroxylation sites is 1. The van der Waals surface area contributed by atoms with E-state index in [9.17, 15) is 0 Å². The Morgan fingerprint density at radius 3 is 2.71 bits per heavy atom. The molecule has 0 aliphatic rings. The summed E-state index contributed by atoms with van der Waals surface area (Å²) < 4.78 is 18.1. The average molecular weight is 327 g/mol. The van der Waals surface area contributed by atoms with E-state index in [0.29, 0.717) is 25.7 Å². The molecule has 0 bridgehead atoms. The molecule has 0 unspecified atom stereocenters. The Morgan fingerprint density at radius 1 is 1.00 bits per heavy atom. The quantitative estimate of drug-likeness (QED) is 0.595. The number of hydrogen-bond acceptors (Lipinski definition) is 5. The maximum absolute atomic E-state index is 5.79. The van der Waals surface area contributed by atoms with E-state index >= 15 is 0 Å². The highest BCUT2D eigenvalue weighted by Gasteiger charge is 2.11. The van der Waals surface area contributed by atoms with Crippen LogP contribution >= 0.6 is 0 Å². The Kier molecular flexibility index (Phi) is 5.28. The van der Waals surface area contributed by atoms with Crippen LogP contribution in [0.4, 0.5) is 0 Å². The van der Waals surface area contributed by atoms with E-state index in [1.54, 1.807) is 11.6 Å².